The van der Waals surface area contributed by atoms with Crippen molar-refractivity contribution in [3.8, 4) is 0 Å². The topological polar surface area (TPSA) is 94.0 Å². The number of nitrogens with zero attached hydrogens (tertiary/aromatic N) is 4. The van der Waals surface area contributed by atoms with E-state index in [1.54, 1.807) is 0 Å². The number of nitrogens with one attached hydrogen (secondary N) is 2. The Morgan fingerprint density at radius 3 is 2.56 bits per heavy atom. The second-order valence-electron chi connectivity index (χ2n) is 4.74. The number of aryl methyl sites for hydroxylation is 1. The lowest BCUT2D eigenvalue weighted by Crippen LogP contribution is -2.13. The fourth-order valence-electron chi connectivity index (χ4n) is 1.87. The summed E-state index contributed by atoms with van der Waals surface area (Å²) in [7, 11) is 2.68. The number of hydrogen-bond acceptors (Lipinski definition) is 7. The number of ether oxygens (including phenoxy) is 1. The van der Waals surface area contributed by atoms with E-state index >= 15 is 0 Å². The van der Waals surface area contributed by atoms with Gasteiger partial charge in [-0.15, -0.1) is 0 Å². The smallest absolute Gasteiger partial charge is 0.360 e. The number of halogens is 4. The molecule has 2 N–H and O–H groups in total. The average molecular weight is 379 g/mol. The third-order valence-electron chi connectivity index (χ3n) is 3.10. The number of methoxy groups -OCH3 is 1. The maximum absolute atomic E-state index is 13.4. The Morgan fingerprint density at radius 2 is 2.00 bits per heavy atom. The van der Waals surface area contributed by atoms with Gasteiger partial charge in [0.1, 0.15) is 0 Å². The number of alkyl halides is 3. The van der Waals surface area contributed by atoms with E-state index in [4.69, 9.17) is 11.6 Å². The number of rotatable bonds is 6. The molecule has 0 fully saturated rings. The lowest BCUT2D eigenvalue weighted by molar-refractivity contribution is 0.000657. The third-order valence-corrected chi connectivity index (χ3v) is 3.36. The van der Waals surface area contributed by atoms with Crippen LogP contribution in [0.1, 0.15) is 22.5 Å². The molecule has 136 valence electrons. The first kappa shape index (κ1) is 18.8. The highest BCUT2D eigenvalue weighted by Gasteiger charge is 2.24. The number of anilines is 3. The summed E-state index contributed by atoms with van der Waals surface area (Å²) < 4.78 is 43.5. The number of hydrogen-bond donors (Lipinski definition) is 2. The summed E-state index contributed by atoms with van der Waals surface area (Å²) in [6.07, 6.45) is -4.80. The first-order chi connectivity index (χ1) is 11.8. The van der Waals surface area contributed by atoms with Crippen molar-refractivity contribution < 1.29 is 22.7 Å². The minimum Gasteiger partial charge on any atom is -0.464 e. The van der Waals surface area contributed by atoms with Crippen molar-refractivity contribution in [3.63, 3.8) is 0 Å². The summed E-state index contributed by atoms with van der Waals surface area (Å²) in [6.45, 7) is 1.47. The molecule has 0 aliphatic carbocycles. The van der Waals surface area contributed by atoms with Crippen molar-refractivity contribution in [1.29, 1.82) is 0 Å². The van der Waals surface area contributed by atoms with Crippen LogP contribution in [0.5, 0.6) is 0 Å². The molecule has 0 amide bonds. The molecule has 1 atom stereocenters. The number of aromatic nitrogens is 4. The Labute approximate surface area is 145 Å². The van der Waals surface area contributed by atoms with Crippen LogP contribution in [-0.4, -0.2) is 46.3 Å². The van der Waals surface area contributed by atoms with Crippen molar-refractivity contribution in [2.45, 2.75) is 19.6 Å². The Morgan fingerprint density at radius 1 is 1.32 bits per heavy atom. The molecule has 0 aromatic carbocycles. The van der Waals surface area contributed by atoms with Gasteiger partial charge in [-0.25, -0.2) is 32.6 Å². The molecule has 0 aliphatic heterocycles. The fraction of sp³-hybridized carbons (Fsp3) is 0.385. The molecule has 0 spiro atoms. The molecule has 0 radical (unpaired) electrons. The zero-order valence-electron chi connectivity index (χ0n) is 13.3. The first-order valence-electron chi connectivity index (χ1n) is 6.87. The highest BCUT2D eigenvalue weighted by Crippen LogP contribution is 2.28. The van der Waals surface area contributed by atoms with Gasteiger partial charge in [0, 0.05) is 7.05 Å². The normalized spacial score (nSPS) is 12.2. The van der Waals surface area contributed by atoms with Crippen LogP contribution < -0.4 is 10.6 Å². The van der Waals surface area contributed by atoms with Crippen LogP contribution in [-0.2, 0) is 4.74 Å². The molecule has 8 nitrogen and oxygen atoms in total. The van der Waals surface area contributed by atoms with Crippen LogP contribution in [0.25, 0.3) is 0 Å². The summed E-state index contributed by atoms with van der Waals surface area (Å²) in [5.41, 5.74) is 0.137. The first-order valence-corrected chi connectivity index (χ1v) is 7.24. The standard InChI is InChI=1S/C13H14ClF3N6O2/c1-5-6(4-23(22-5)10(17)9(15)16)19-11-7(13(24)25-3)20-8(14)12(18-2)21-11/h4,9-10H,1-3H3,(H2,18,19,21). The van der Waals surface area contributed by atoms with Crippen LogP contribution in [0.4, 0.5) is 30.5 Å². The van der Waals surface area contributed by atoms with E-state index < -0.39 is 18.7 Å². The largest absolute Gasteiger partial charge is 0.464 e. The molecule has 2 rings (SSSR count). The molecule has 0 bridgehead atoms. The molecular formula is C13H14ClF3N6O2. The minimum absolute atomic E-state index is 0.0595. The van der Waals surface area contributed by atoms with Gasteiger partial charge in [0.05, 0.1) is 24.7 Å². The predicted molar refractivity (Wildman–Crippen MR) is 84.3 cm³/mol. The fourth-order valence-corrected chi connectivity index (χ4v) is 2.10. The van der Waals surface area contributed by atoms with Crippen LogP contribution in [0.3, 0.4) is 0 Å². The SMILES string of the molecule is CNc1nc(Nc2cn(C(F)C(F)F)nc2C)c(C(=O)OC)nc1Cl. The van der Waals surface area contributed by atoms with Gasteiger partial charge < -0.3 is 15.4 Å². The molecule has 25 heavy (non-hydrogen) atoms. The predicted octanol–water partition coefficient (Wildman–Crippen LogP) is 2.94. The van der Waals surface area contributed by atoms with E-state index in [1.165, 1.54) is 14.0 Å². The molecule has 0 aliphatic rings. The zero-order valence-corrected chi connectivity index (χ0v) is 14.1. The molecule has 12 heteroatoms. The second kappa shape index (κ2) is 7.55. The third kappa shape index (κ3) is 3.92. The lowest BCUT2D eigenvalue weighted by Gasteiger charge is -2.11. The molecule has 0 saturated carbocycles. The number of esters is 1. The molecular weight excluding hydrogens is 365 g/mol. The van der Waals surface area contributed by atoms with E-state index in [9.17, 15) is 18.0 Å². The highest BCUT2D eigenvalue weighted by molar-refractivity contribution is 6.32. The number of carbonyl (C=O) groups is 1. The van der Waals surface area contributed by atoms with E-state index in [0.717, 1.165) is 13.3 Å². The molecule has 2 aromatic rings. The van der Waals surface area contributed by atoms with Gasteiger partial charge in [0.15, 0.2) is 22.5 Å². The van der Waals surface area contributed by atoms with Gasteiger partial charge in [0.2, 0.25) is 0 Å². The summed E-state index contributed by atoms with van der Waals surface area (Å²) in [5, 5.41) is 8.99. The minimum atomic E-state index is -3.23. The molecule has 0 saturated heterocycles. The van der Waals surface area contributed by atoms with Crippen molar-refractivity contribution in [3.05, 3.63) is 22.7 Å². The second-order valence-corrected chi connectivity index (χ2v) is 5.10. The number of carbonyl (C=O) groups excluding carboxylic acids is 1. The van der Waals surface area contributed by atoms with E-state index in [0.29, 0.717) is 4.68 Å². The Hall–Kier alpha value is -2.56. The Bertz CT molecular complexity index is 785. The van der Waals surface area contributed by atoms with Crippen molar-refractivity contribution >= 4 is 34.9 Å². The van der Waals surface area contributed by atoms with E-state index in [-0.39, 0.29) is 33.9 Å². The Kier molecular flexibility index (Phi) is 5.67. The van der Waals surface area contributed by atoms with Crippen LogP contribution in [0.15, 0.2) is 6.20 Å². The Balaban J connectivity index is 2.44. The van der Waals surface area contributed by atoms with E-state index in [1.807, 2.05) is 0 Å². The lowest BCUT2D eigenvalue weighted by atomic mass is 10.3. The van der Waals surface area contributed by atoms with Crippen LogP contribution >= 0.6 is 11.6 Å². The van der Waals surface area contributed by atoms with Crippen molar-refractivity contribution in [1.82, 2.24) is 19.7 Å². The van der Waals surface area contributed by atoms with Gasteiger partial charge in [0.25, 0.3) is 12.7 Å². The van der Waals surface area contributed by atoms with Crippen molar-refractivity contribution in [2.75, 3.05) is 24.8 Å². The summed E-state index contributed by atoms with van der Waals surface area (Å²) in [5.74, 6) is -0.714. The monoisotopic (exact) mass is 378 g/mol. The van der Waals surface area contributed by atoms with Gasteiger partial charge in [-0.1, -0.05) is 11.6 Å². The average Bonchev–Trinajstić information content (AvgIpc) is 2.95. The summed E-state index contributed by atoms with van der Waals surface area (Å²) in [4.78, 5) is 19.8. The molecule has 2 heterocycles. The highest BCUT2D eigenvalue weighted by atomic mass is 35.5. The van der Waals surface area contributed by atoms with Crippen molar-refractivity contribution in [2.24, 2.45) is 0 Å². The van der Waals surface area contributed by atoms with Gasteiger partial charge >= 0.3 is 5.97 Å². The van der Waals surface area contributed by atoms with Crippen LogP contribution in [0.2, 0.25) is 5.15 Å². The van der Waals surface area contributed by atoms with Gasteiger partial charge in [-0.3, -0.25) is 0 Å². The van der Waals surface area contributed by atoms with Gasteiger partial charge in [-0.2, -0.15) is 5.10 Å². The molecule has 2 aromatic heterocycles. The molecule has 1 unspecified atom stereocenters. The van der Waals surface area contributed by atoms with Gasteiger partial charge in [-0.05, 0) is 6.92 Å². The zero-order chi connectivity index (χ0) is 18.7. The summed E-state index contributed by atoms with van der Waals surface area (Å²) in [6, 6.07) is 0. The quantitative estimate of drug-likeness (QED) is 0.746. The summed E-state index contributed by atoms with van der Waals surface area (Å²) >= 11 is 5.90. The van der Waals surface area contributed by atoms with E-state index in [2.05, 4.69) is 30.4 Å². The van der Waals surface area contributed by atoms with Crippen LogP contribution in [0, 0.1) is 6.92 Å². The maximum atomic E-state index is 13.4. The maximum Gasteiger partial charge on any atom is 0.360 e.